The number of rotatable bonds is 5. The van der Waals surface area contributed by atoms with Crippen LogP contribution < -0.4 is 5.32 Å². The molecule has 0 amide bonds. The van der Waals surface area contributed by atoms with Crippen molar-refractivity contribution in [3.63, 3.8) is 0 Å². The van der Waals surface area contributed by atoms with Crippen molar-refractivity contribution in [2.45, 2.75) is 37.9 Å². The van der Waals surface area contributed by atoms with Gasteiger partial charge in [0.2, 0.25) is 5.95 Å². The van der Waals surface area contributed by atoms with Crippen LogP contribution in [0.1, 0.15) is 37.5 Å². The fraction of sp³-hybridized carbons (Fsp3) is 0.529. The van der Waals surface area contributed by atoms with Gasteiger partial charge in [-0.25, -0.2) is 9.97 Å². The van der Waals surface area contributed by atoms with Crippen molar-refractivity contribution in [2.24, 2.45) is 0 Å². The molecular weight excluding hydrogens is 306 g/mol. The first-order valence-electron chi connectivity index (χ1n) is 8.50. The van der Waals surface area contributed by atoms with Crippen LogP contribution in [0.5, 0.6) is 0 Å². The third-order valence-corrected chi connectivity index (χ3v) is 4.40. The van der Waals surface area contributed by atoms with Crippen LogP contribution in [0.4, 0.5) is 5.95 Å². The average Bonchev–Trinajstić information content (AvgIpc) is 3.34. The zero-order chi connectivity index (χ0) is 16.2. The van der Waals surface area contributed by atoms with E-state index in [-0.39, 0.29) is 12.2 Å². The molecule has 2 aromatic heterocycles. The molecule has 2 aromatic rings. The van der Waals surface area contributed by atoms with Gasteiger partial charge < -0.3 is 14.8 Å². The molecule has 0 aromatic carbocycles. The molecule has 0 saturated carbocycles. The minimum Gasteiger partial charge on any atom is -0.376 e. The highest BCUT2D eigenvalue weighted by atomic mass is 16.5. The summed E-state index contributed by atoms with van der Waals surface area (Å²) in [6.45, 7) is 2.35. The third-order valence-electron chi connectivity index (χ3n) is 4.40. The van der Waals surface area contributed by atoms with Crippen molar-refractivity contribution in [2.75, 3.05) is 25.1 Å². The van der Waals surface area contributed by atoms with Crippen LogP contribution in [0, 0.1) is 0 Å². The molecule has 4 heterocycles. The molecule has 0 unspecified atom stereocenters. The Balaban J connectivity index is 1.59. The molecule has 126 valence electrons. The van der Waals surface area contributed by atoms with E-state index in [9.17, 15) is 0 Å². The number of aromatic nitrogens is 4. The van der Waals surface area contributed by atoms with Gasteiger partial charge in [-0.05, 0) is 25.7 Å². The summed E-state index contributed by atoms with van der Waals surface area (Å²) in [4.78, 5) is 17.7. The van der Waals surface area contributed by atoms with Crippen LogP contribution in [0.25, 0.3) is 11.3 Å². The van der Waals surface area contributed by atoms with Crippen LogP contribution in [-0.4, -0.2) is 45.8 Å². The lowest BCUT2D eigenvalue weighted by atomic mass is 10.1. The Morgan fingerprint density at radius 3 is 2.71 bits per heavy atom. The maximum Gasteiger partial charge on any atom is 0.223 e. The topological polar surface area (TPSA) is 82.1 Å². The molecule has 4 rings (SSSR count). The quantitative estimate of drug-likeness (QED) is 0.902. The Labute approximate surface area is 140 Å². The second-order valence-electron chi connectivity index (χ2n) is 6.10. The normalized spacial score (nSPS) is 23.5. The summed E-state index contributed by atoms with van der Waals surface area (Å²) in [6.07, 6.45) is 11.4. The first-order chi connectivity index (χ1) is 11.9. The van der Waals surface area contributed by atoms with E-state index in [0.717, 1.165) is 62.4 Å². The first kappa shape index (κ1) is 15.4. The maximum atomic E-state index is 5.84. The first-order valence-corrected chi connectivity index (χ1v) is 8.50. The minimum absolute atomic E-state index is 0.00622. The van der Waals surface area contributed by atoms with E-state index < -0.39 is 0 Å². The molecule has 2 atom stereocenters. The molecule has 2 fully saturated rings. The van der Waals surface area contributed by atoms with Crippen LogP contribution in [0.15, 0.2) is 24.8 Å². The Morgan fingerprint density at radius 2 is 1.96 bits per heavy atom. The van der Waals surface area contributed by atoms with Gasteiger partial charge >= 0.3 is 0 Å². The predicted molar refractivity (Wildman–Crippen MR) is 88.4 cm³/mol. The third kappa shape index (κ3) is 3.37. The van der Waals surface area contributed by atoms with Crippen molar-refractivity contribution >= 4 is 5.95 Å². The zero-order valence-corrected chi connectivity index (χ0v) is 13.5. The number of nitrogens with one attached hydrogen (secondary N) is 1. The Bertz CT molecular complexity index is 670. The number of hydrogen-bond donors (Lipinski definition) is 1. The van der Waals surface area contributed by atoms with Gasteiger partial charge in [-0.1, -0.05) is 0 Å². The highest BCUT2D eigenvalue weighted by molar-refractivity contribution is 5.61. The Morgan fingerprint density at radius 1 is 1.04 bits per heavy atom. The smallest absolute Gasteiger partial charge is 0.223 e. The van der Waals surface area contributed by atoms with Crippen molar-refractivity contribution < 1.29 is 9.47 Å². The number of nitrogens with zero attached hydrogens (tertiary/aromatic N) is 4. The minimum atomic E-state index is -0.00622. The van der Waals surface area contributed by atoms with Gasteiger partial charge in [-0.2, -0.15) is 0 Å². The molecule has 0 radical (unpaired) electrons. The van der Waals surface area contributed by atoms with Gasteiger partial charge in [0.15, 0.2) is 0 Å². The van der Waals surface area contributed by atoms with Crippen LogP contribution in [-0.2, 0) is 9.47 Å². The molecule has 0 bridgehead atoms. The number of hydrogen-bond acceptors (Lipinski definition) is 7. The fourth-order valence-electron chi connectivity index (χ4n) is 3.16. The molecule has 2 aliphatic heterocycles. The number of anilines is 1. The van der Waals surface area contributed by atoms with Gasteiger partial charge in [-0.3, -0.25) is 9.97 Å². The summed E-state index contributed by atoms with van der Waals surface area (Å²) in [5, 5.41) is 3.29. The van der Waals surface area contributed by atoms with Crippen molar-refractivity contribution in [3.05, 3.63) is 30.5 Å². The van der Waals surface area contributed by atoms with E-state index >= 15 is 0 Å². The maximum absolute atomic E-state index is 5.84. The molecule has 7 heteroatoms. The van der Waals surface area contributed by atoms with E-state index in [0.29, 0.717) is 5.95 Å². The second kappa shape index (κ2) is 7.19. The Kier molecular flexibility index (Phi) is 4.62. The highest BCUT2D eigenvalue weighted by Gasteiger charge is 2.24. The summed E-state index contributed by atoms with van der Waals surface area (Å²) >= 11 is 0. The summed E-state index contributed by atoms with van der Waals surface area (Å²) in [7, 11) is 0. The van der Waals surface area contributed by atoms with Crippen LogP contribution >= 0.6 is 0 Å². The van der Waals surface area contributed by atoms with E-state index in [4.69, 9.17) is 14.5 Å². The molecule has 2 aliphatic rings. The van der Waals surface area contributed by atoms with E-state index in [1.807, 2.05) is 6.20 Å². The lowest BCUT2D eigenvalue weighted by Gasteiger charge is -2.16. The standard InChI is InChI=1S/C17H21N5O2/c1-3-12(23-7-1)9-20-17-21-10-13(14-11-18-5-6-19-14)16(22-17)15-4-2-8-24-15/h5-6,10-12,15H,1-4,7-9H2,(H,20,21,22)/t12-,15+/m1/s1. The van der Waals surface area contributed by atoms with E-state index in [1.165, 1.54) is 0 Å². The monoisotopic (exact) mass is 327 g/mol. The van der Waals surface area contributed by atoms with E-state index in [1.54, 1.807) is 18.6 Å². The largest absolute Gasteiger partial charge is 0.376 e. The van der Waals surface area contributed by atoms with Crippen molar-refractivity contribution in [1.82, 2.24) is 19.9 Å². The van der Waals surface area contributed by atoms with Gasteiger partial charge in [0, 0.05) is 43.9 Å². The molecular formula is C17H21N5O2. The van der Waals surface area contributed by atoms with Crippen LogP contribution in [0.2, 0.25) is 0 Å². The summed E-state index contributed by atoms with van der Waals surface area (Å²) in [5.41, 5.74) is 2.55. The lowest BCUT2D eigenvalue weighted by Crippen LogP contribution is -2.20. The summed E-state index contributed by atoms with van der Waals surface area (Å²) in [6, 6.07) is 0. The molecule has 7 nitrogen and oxygen atoms in total. The fourth-order valence-corrected chi connectivity index (χ4v) is 3.16. The average molecular weight is 327 g/mol. The zero-order valence-electron chi connectivity index (χ0n) is 13.5. The predicted octanol–water partition coefficient (Wildman–Crippen LogP) is 2.38. The van der Waals surface area contributed by atoms with Gasteiger partial charge in [-0.15, -0.1) is 0 Å². The van der Waals surface area contributed by atoms with Gasteiger partial charge in [0.1, 0.15) is 6.10 Å². The summed E-state index contributed by atoms with van der Waals surface area (Å²) in [5.74, 6) is 0.614. The molecule has 0 aliphatic carbocycles. The number of ether oxygens (including phenoxy) is 2. The highest BCUT2D eigenvalue weighted by Crippen LogP contribution is 2.33. The Hall–Kier alpha value is -2.12. The summed E-state index contributed by atoms with van der Waals surface area (Å²) < 4.78 is 11.5. The van der Waals surface area contributed by atoms with Gasteiger partial charge in [0.05, 0.1) is 23.7 Å². The van der Waals surface area contributed by atoms with Crippen molar-refractivity contribution in [1.29, 1.82) is 0 Å². The molecule has 2 saturated heterocycles. The van der Waals surface area contributed by atoms with E-state index in [2.05, 4.69) is 20.3 Å². The SMILES string of the molecule is c1cnc(-c2cnc(NC[C@H]3CCCO3)nc2[C@@H]2CCCO2)cn1. The lowest BCUT2D eigenvalue weighted by molar-refractivity contribution is 0.109. The second-order valence-corrected chi connectivity index (χ2v) is 6.10. The van der Waals surface area contributed by atoms with Gasteiger partial charge in [0.25, 0.3) is 0 Å². The molecule has 1 N–H and O–H groups in total. The molecule has 24 heavy (non-hydrogen) atoms. The molecule has 0 spiro atoms. The van der Waals surface area contributed by atoms with Crippen LogP contribution in [0.3, 0.4) is 0 Å². The van der Waals surface area contributed by atoms with Crippen molar-refractivity contribution in [3.8, 4) is 11.3 Å².